The summed E-state index contributed by atoms with van der Waals surface area (Å²) in [6, 6.07) is 30.7. The molecule has 0 saturated carbocycles. The van der Waals surface area contributed by atoms with E-state index in [-0.39, 0.29) is 6.15 Å². The maximum absolute atomic E-state index is 3.68. The topological polar surface area (TPSA) is 50.8 Å². The van der Waals surface area contributed by atoms with Crippen LogP contribution in [0.3, 0.4) is 0 Å². The van der Waals surface area contributed by atoms with Gasteiger partial charge in [-0.15, -0.1) is 0 Å². The second kappa shape index (κ2) is 6.99. The summed E-state index contributed by atoms with van der Waals surface area (Å²) in [6.45, 7) is 4.26. The van der Waals surface area contributed by atoms with Crippen LogP contribution in [0, 0.1) is 13.8 Å². The Morgan fingerprint density at radius 1 is 0.571 bits per heavy atom. The fourth-order valence-corrected chi connectivity index (χ4v) is 3.91. The Morgan fingerprint density at radius 3 is 1.86 bits per heavy atom. The standard InChI is InChI=1S/C26H21N.H3N/c1-17-7-11-19(12-8-17)21-15-16-23-22-5-3-4-6-24(22)27-26(23)25(21)20-13-9-18(2)10-14-20;/h3-16,27H,1-2H3;1H3. The van der Waals surface area contributed by atoms with E-state index in [9.17, 15) is 0 Å². The van der Waals surface area contributed by atoms with Gasteiger partial charge in [0, 0.05) is 21.9 Å². The van der Waals surface area contributed by atoms with E-state index in [2.05, 4.69) is 104 Å². The van der Waals surface area contributed by atoms with Gasteiger partial charge in [-0.3, -0.25) is 0 Å². The van der Waals surface area contributed by atoms with Crippen LogP contribution in [0.1, 0.15) is 11.1 Å². The zero-order valence-corrected chi connectivity index (χ0v) is 16.3. The highest BCUT2D eigenvalue weighted by molar-refractivity contribution is 6.14. The van der Waals surface area contributed by atoms with Gasteiger partial charge in [0.2, 0.25) is 0 Å². The van der Waals surface area contributed by atoms with Crippen molar-refractivity contribution in [1.29, 1.82) is 0 Å². The molecule has 4 N–H and O–H groups in total. The number of hydrogen-bond donors (Lipinski definition) is 2. The van der Waals surface area contributed by atoms with Crippen LogP contribution in [0.5, 0.6) is 0 Å². The predicted octanol–water partition coefficient (Wildman–Crippen LogP) is 7.43. The Kier molecular flexibility index (Phi) is 4.50. The lowest BCUT2D eigenvalue weighted by atomic mass is 9.91. The monoisotopic (exact) mass is 364 g/mol. The fourth-order valence-electron chi connectivity index (χ4n) is 3.91. The molecular formula is C26H24N2. The molecule has 0 unspecified atom stereocenters. The minimum absolute atomic E-state index is 0. The summed E-state index contributed by atoms with van der Waals surface area (Å²) in [5, 5.41) is 2.55. The molecule has 5 aromatic rings. The molecule has 0 radical (unpaired) electrons. The number of aromatic nitrogens is 1. The van der Waals surface area contributed by atoms with Crippen LogP contribution < -0.4 is 6.15 Å². The molecule has 0 bridgehead atoms. The average Bonchev–Trinajstić information content (AvgIpc) is 3.07. The first-order valence-corrected chi connectivity index (χ1v) is 9.38. The summed E-state index contributed by atoms with van der Waals surface area (Å²) in [5.74, 6) is 0. The van der Waals surface area contributed by atoms with Gasteiger partial charge in [-0.1, -0.05) is 90.0 Å². The van der Waals surface area contributed by atoms with E-state index in [1.165, 1.54) is 55.2 Å². The number of aryl methyl sites for hydroxylation is 2. The minimum atomic E-state index is 0. The molecule has 0 fully saturated rings. The molecule has 28 heavy (non-hydrogen) atoms. The van der Waals surface area contributed by atoms with Crippen LogP contribution in [0.15, 0.2) is 84.9 Å². The molecule has 1 heterocycles. The van der Waals surface area contributed by atoms with E-state index in [1.54, 1.807) is 0 Å². The summed E-state index contributed by atoms with van der Waals surface area (Å²) in [4.78, 5) is 3.68. The van der Waals surface area contributed by atoms with Crippen molar-refractivity contribution in [3.63, 3.8) is 0 Å². The Labute approximate surface area is 165 Å². The lowest BCUT2D eigenvalue weighted by Gasteiger charge is -2.13. The van der Waals surface area contributed by atoms with Gasteiger partial charge in [-0.2, -0.15) is 0 Å². The first kappa shape index (κ1) is 18.0. The average molecular weight is 364 g/mol. The summed E-state index contributed by atoms with van der Waals surface area (Å²) < 4.78 is 0. The van der Waals surface area contributed by atoms with E-state index in [0.29, 0.717) is 0 Å². The lowest BCUT2D eigenvalue weighted by molar-refractivity contribution is 1.45. The minimum Gasteiger partial charge on any atom is -0.354 e. The molecule has 0 saturated heterocycles. The van der Waals surface area contributed by atoms with Gasteiger partial charge in [0.05, 0.1) is 5.52 Å². The molecule has 0 atom stereocenters. The third-order valence-electron chi connectivity index (χ3n) is 5.39. The van der Waals surface area contributed by atoms with Crippen molar-refractivity contribution < 1.29 is 0 Å². The first-order chi connectivity index (χ1) is 13.2. The summed E-state index contributed by atoms with van der Waals surface area (Å²) in [5.41, 5.74) is 9.97. The fraction of sp³-hybridized carbons (Fsp3) is 0.0769. The molecule has 0 spiro atoms. The van der Waals surface area contributed by atoms with Crippen LogP contribution in [0.4, 0.5) is 0 Å². The highest BCUT2D eigenvalue weighted by Gasteiger charge is 2.15. The zero-order chi connectivity index (χ0) is 18.4. The van der Waals surface area contributed by atoms with Gasteiger partial charge >= 0.3 is 0 Å². The van der Waals surface area contributed by atoms with Gasteiger partial charge in [0.1, 0.15) is 0 Å². The zero-order valence-electron chi connectivity index (χ0n) is 16.3. The molecule has 4 aromatic carbocycles. The summed E-state index contributed by atoms with van der Waals surface area (Å²) in [6.07, 6.45) is 0. The Morgan fingerprint density at radius 2 is 1.18 bits per heavy atom. The van der Waals surface area contributed by atoms with Gasteiger partial charge in [-0.25, -0.2) is 0 Å². The van der Waals surface area contributed by atoms with Gasteiger partial charge in [-0.05, 0) is 36.6 Å². The molecule has 2 nitrogen and oxygen atoms in total. The lowest BCUT2D eigenvalue weighted by Crippen LogP contribution is -1.88. The molecule has 2 heteroatoms. The molecule has 138 valence electrons. The van der Waals surface area contributed by atoms with Crippen molar-refractivity contribution in [2.45, 2.75) is 13.8 Å². The molecule has 0 aliphatic carbocycles. The molecule has 0 aliphatic rings. The maximum atomic E-state index is 3.68. The van der Waals surface area contributed by atoms with Crippen LogP contribution in [-0.2, 0) is 0 Å². The molecular weight excluding hydrogens is 340 g/mol. The molecule has 1 aromatic heterocycles. The van der Waals surface area contributed by atoms with E-state index in [0.717, 1.165) is 0 Å². The van der Waals surface area contributed by atoms with E-state index in [4.69, 9.17) is 0 Å². The van der Waals surface area contributed by atoms with Crippen LogP contribution >= 0.6 is 0 Å². The number of nitrogens with one attached hydrogen (secondary N) is 1. The van der Waals surface area contributed by atoms with Gasteiger partial charge in [0.15, 0.2) is 0 Å². The van der Waals surface area contributed by atoms with Crippen molar-refractivity contribution in [2.24, 2.45) is 0 Å². The highest BCUT2D eigenvalue weighted by atomic mass is 14.7. The second-order valence-corrected chi connectivity index (χ2v) is 7.31. The summed E-state index contributed by atoms with van der Waals surface area (Å²) in [7, 11) is 0. The van der Waals surface area contributed by atoms with Crippen molar-refractivity contribution in [1.82, 2.24) is 11.1 Å². The molecule has 5 rings (SSSR count). The number of hydrogen-bond acceptors (Lipinski definition) is 1. The van der Waals surface area contributed by atoms with Crippen LogP contribution in [-0.4, -0.2) is 4.98 Å². The number of rotatable bonds is 2. The van der Waals surface area contributed by atoms with Crippen molar-refractivity contribution >= 4 is 21.8 Å². The van der Waals surface area contributed by atoms with E-state index in [1.807, 2.05) is 0 Å². The third-order valence-corrected chi connectivity index (χ3v) is 5.39. The Balaban J connectivity index is 0.00000192. The maximum Gasteiger partial charge on any atom is 0.0550 e. The molecule has 0 amide bonds. The second-order valence-electron chi connectivity index (χ2n) is 7.31. The summed E-state index contributed by atoms with van der Waals surface area (Å²) >= 11 is 0. The van der Waals surface area contributed by atoms with Crippen molar-refractivity contribution in [2.75, 3.05) is 0 Å². The SMILES string of the molecule is Cc1ccc(-c2ccc3c([nH]c4ccccc43)c2-c2ccc(C)cc2)cc1.N. The number of benzene rings is 4. The Hall–Kier alpha value is -3.36. The number of para-hydroxylation sites is 1. The van der Waals surface area contributed by atoms with E-state index < -0.39 is 0 Å². The van der Waals surface area contributed by atoms with Crippen LogP contribution in [0.25, 0.3) is 44.1 Å². The molecule has 0 aliphatic heterocycles. The number of aromatic amines is 1. The van der Waals surface area contributed by atoms with Gasteiger partial charge < -0.3 is 11.1 Å². The van der Waals surface area contributed by atoms with Crippen LogP contribution in [0.2, 0.25) is 0 Å². The van der Waals surface area contributed by atoms with Gasteiger partial charge in [0.25, 0.3) is 0 Å². The largest absolute Gasteiger partial charge is 0.354 e. The normalized spacial score (nSPS) is 10.9. The smallest absolute Gasteiger partial charge is 0.0550 e. The quantitative estimate of drug-likeness (QED) is 0.336. The first-order valence-electron chi connectivity index (χ1n) is 9.38. The Bertz CT molecular complexity index is 1260. The number of H-pyrrole nitrogens is 1. The van der Waals surface area contributed by atoms with Crippen molar-refractivity contribution in [3.05, 3.63) is 96.1 Å². The van der Waals surface area contributed by atoms with E-state index >= 15 is 0 Å². The highest BCUT2D eigenvalue weighted by Crippen LogP contribution is 2.40. The van der Waals surface area contributed by atoms with Crippen molar-refractivity contribution in [3.8, 4) is 22.3 Å². The third kappa shape index (κ3) is 2.88. The predicted molar refractivity (Wildman–Crippen MR) is 121 cm³/mol. The number of fused-ring (bicyclic) bond motifs is 3.